The molecule has 0 saturated heterocycles. The Labute approximate surface area is 434 Å². The number of rotatable bonds is 8. The molecule has 4 aliphatic carbocycles. The van der Waals surface area contributed by atoms with Crippen LogP contribution in [0.4, 0.5) is 34.1 Å². The van der Waals surface area contributed by atoms with E-state index in [1.807, 2.05) is 0 Å². The van der Waals surface area contributed by atoms with Gasteiger partial charge in [0, 0.05) is 45.0 Å². The van der Waals surface area contributed by atoms with E-state index in [-0.39, 0.29) is 10.8 Å². The van der Waals surface area contributed by atoms with Gasteiger partial charge in [-0.3, -0.25) is 0 Å². The Balaban J connectivity index is 0.727. The molecular formula is C72H56N2. The lowest BCUT2D eigenvalue weighted by atomic mass is 9.76. The van der Waals surface area contributed by atoms with Crippen LogP contribution in [0, 0.1) is 0 Å². The lowest BCUT2D eigenvalue weighted by molar-refractivity contribution is 0.550. The summed E-state index contributed by atoms with van der Waals surface area (Å²) in [6, 6.07) is 91.3. The molecule has 2 heteroatoms. The smallest absolute Gasteiger partial charge is 0.0465 e. The SMILES string of the molecule is c1ccc(N(c2ccc(-c3ccc(-c4ccc(N(c5ccccc5)c5ccc6c(c5)C5(CCCC5)c5ccc7ccccc7c5-6)cc4)cc3)cc2)c2ccc3c(c2)C2(CCCC2)c2ccc4ccccc4c2-3)cc1. The molecule has 0 bridgehead atoms. The molecule has 2 saturated carbocycles. The summed E-state index contributed by atoms with van der Waals surface area (Å²) in [5.74, 6) is 0. The fraction of sp³-hybridized carbons (Fsp3) is 0.139. The largest absolute Gasteiger partial charge is 0.310 e. The Morgan fingerprint density at radius 3 is 0.973 bits per heavy atom. The van der Waals surface area contributed by atoms with Gasteiger partial charge in [-0.15, -0.1) is 0 Å². The molecule has 4 aliphatic rings. The van der Waals surface area contributed by atoms with Gasteiger partial charge in [0.15, 0.2) is 0 Å². The topological polar surface area (TPSA) is 6.48 Å². The van der Waals surface area contributed by atoms with Crippen molar-refractivity contribution in [3.63, 3.8) is 0 Å². The lowest BCUT2D eigenvalue weighted by Gasteiger charge is -2.30. The normalized spacial score (nSPS) is 15.4. The summed E-state index contributed by atoms with van der Waals surface area (Å²) in [7, 11) is 0. The molecule has 0 radical (unpaired) electrons. The van der Waals surface area contributed by atoms with Crippen LogP contribution in [0.25, 0.3) is 66.1 Å². The third-order valence-electron chi connectivity index (χ3n) is 17.7. The Hall–Kier alpha value is -8.46. The molecule has 0 atom stereocenters. The fourth-order valence-electron chi connectivity index (χ4n) is 14.3. The molecule has 354 valence electrons. The maximum Gasteiger partial charge on any atom is 0.0465 e. The average Bonchev–Trinajstić information content (AvgIpc) is 4.30. The highest BCUT2D eigenvalue weighted by molar-refractivity contribution is 6.04. The van der Waals surface area contributed by atoms with Crippen LogP contribution in [0.3, 0.4) is 0 Å². The molecule has 11 aromatic rings. The second-order valence-electron chi connectivity index (χ2n) is 21.5. The number of benzene rings is 11. The van der Waals surface area contributed by atoms with Gasteiger partial charge in [0.1, 0.15) is 0 Å². The van der Waals surface area contributed by atoms with Crippen LogP contribution in [0.2, 0.25) is 0 Å². The Kier molecular flexibility index (Phi) is 9.96. The number of anilines is 6. The van der Waals surface area contributed by atoms with Crippen molar-refractivity contribution in [1.29, 1.82) is 0 Å². The quantitative estimate of drug-likeness (QED) is 0.150. The van der Waals surface area contributed by atoms with Crippen molar-refractivity contribution >= 4 is 55.7 Å². The van der Waals surface area contributed by atoms with Gasteiger partial charge in [-0.05, 0) is 187 Å². The first-order valence-electron chi connectivity index (χ1n) is 27.0. The van der Waals surface area contributed by atoms with Crippen LogP contribution in [-0.2, 0) is 10.8 Å². The monoisotopic (exact) mass is 948 g/mol. The molecule has 11 aromatic carbocycles. The third-order valence-corrected chi connectivity index (χ3v) is 17.7. The molecule has 2 fully saturated rings. The van der Waals surface area contributed by atoms with E-state index in [1.54, 1.807) is 0 Å². The van der Waals surface area contributed by atoms with E-state index in [4.69, 9.17) is 0 Å². The molecular weight excluding hydrogens is 893 g/mol. The molecule has 0 amide bonds. The highest BCUT2D eigenvalue weighted by Crippen LogP contribution is 2.61. The van der Waals surface area contributed by atoms with Crippen molar-refractivity contribution in [3.8, 4) is 44.5 Å². The molecule has 0 unspecified atom stereocenters. The molecule has 0 aromatic heterocycles. The van der Waals surface area contributed by atoms with Crippen LogP contribution < -0.4 is 9.80 Å². The van der Waals surface area contributed by atoms with Gasteiger partial charge < -0.3 is 9.80 Å². The van der Waals surface area contributed by atoms with E-state index in [0.717, 1.165) is 22.7 Å². The molecule has 2 nitrogen and oxygen atoms in total. The fourth-order valence-corrected chi connectivity index (χ4v) is 14.3. The number of nitrogens with zero attached hydrogens (tertiary/aromatic N) is 2. The predicted molar refractivity (Wildman–Crippen MR) is 311 cm³/mol. The van der Waals surface area contributed by atoms with Crippen LogP contribution >= 0.6 is 0 Å². The number of hydrogen-bond acceptors (Lipinski definition) is 2. The minimum absolute atomic E-state index is 0.0689. The summed E-state index contributed by atoms with van der Waals surface area (Å²) < 4.78 is 0. The van der Waals surface area contributed by atoms with Crippen LogP contribution in [-0.4, -0.2) is 0 Å². The van der Waals surface area contributed by atoms with E-state index in [9.17, 15) is 0 Å². The van der Waals surface area contributed by atoms with E-state index >= 15 is 0 Å². The molecule has 0 aliphatic heterocycles. The van der Waals surface area contributed by atoms with E-state index in [2.05, 4.69) is 252 Å². The van der Waals surface area contributed by atoms with Gasteiger partial charge in [0.05, 0.1) is 0 Å². The summed E-state index contributed by atoms with van der Waals surface area (Å²) in [6.45, 7) is 0. The van der Waals surface area contributed by atoms with E-state index in [1.165, 1.54) is 151 Å². The number of fused-ring (bicyclic) bond motifs is 14. The van der Waals surface area contributed by atoms with Gasteiger partial charge in [0.25, 0.3) is 0 Å². The first kappa shape index (κ1) is 43.2. The highest BCUT2D eigenvalue weighted by atomic mass is 15.1. The number of hydrogen-bond donors (Lipinski definition) is 0. The van der Waals surface area contributed by atoms with Gasteiger partial charge >= 0.3 is 0 Å². The van der Waals surface area contributed by atoms with Crippen molar-refractivity contribution < 1.29 is 0 Å². The summed E-state index contributed by atoms with van der Waals surface area (Å²) in [5.41, 5.74) is 23.7. The summed E-state index contributed by atoms with van der Waals surface area (Å²) in [4.78, 5) is 4.88. The minimum Gasteiger partial charge on any atom is -0.310 e. The second kappa shape index (κ2) is 17.1. The van der Waals surface area contributed by atoms with Gasteiger partial charge in [0.2, 0.25) is 0 Å². The zero-order chi connectivity index (χ0) is 48.8. The van der Waals surface area contributed by atoms with Crippen molar-refractivity contribution in [2.45, 2.75) is 62.2 Å². The summed E-state index contributed by atoms with van der Waals surface area (Å²) >= 11 is 0. The van der Waals surface area contributed by atoms with Crippen molar-refractivity contribution in [2.24, 2.45) is 0 Å². The van der Waals surface area contributed by atoms with Crippen molar-refractivity contribution in [3.05, 3.63) is 265 Å². The van der Waals surface area contributed by atoms with Gasteiger partial charge in [-0.1, -0.05) is 196 Å². The zero-order valence-corrected chi connectivity index (χ0v) is 41.6. The summed E-state index contributed by atoms with van der Waals surface area (Å²) in [5, 5.41) is 5.39. The zero-order valence-electron chi connectivity index (χ0n) is 41.6. The second-order valence-corrected chi connectivity index (χ2v) is 21.5. The first-order chi connectivity index (χ1) is 36.6. The van der Waals surface area contributed by atoms with Crippen LogP contribution in [0.15, 0.2) is 243 Å². The maximum atomic E-state index is 2.53. The third kappa shape index (κ3) is 6.63. The highest BCUT2D eigenvalue weighted by Gasteiger charge is 2.47. The van der Waals surface area contributed by atoms with E-state index < -0.39 is 0 Å². The minimum atomic E-state index is 0.0689. The Morgan fingerprint density at radius 1 is 0.257 bits per heavy atom. The first-order valence-corrected chi connectivity index (χ1v) is 27.0. The molecule has 2 spiro atoms. The molecule has 15 rings (SSSR count). The van der Waals surface area contributed by atoms with Gasteiger partial charge in [-0.25, -0.2) is 0 Å². The Morgan fingerprint density at radius 2 is 0.581 bits per heavy atom. The lowest BCUT2D eigenvalue weighted by Crippen LogP contribution is -2.21. The van der Waals surface area contributed by atoms with Gasteiger partial charge in [-0.2, -0.15) is 0 Å². The average molecular weight is 949 g/mol. The van der Waals surface area contributed by atoms with E-state index in [0.29, 0.717) is 0 Å². The standard InChI is InChI=1S/C72H56N2/c1-3-17-55(18-4-1)73(59-37-39-63-67(47-59)71(43-11-12-44-71)65-41-31-53-15-7-9-21-61(53)69(63)65)57-33-27-51(28-34-57)49-23-25-50(26-24-49)52-29-35-58(36-30-52)74(56-19-5-2-6-20-56)60-38-40-64-68(48-60)72(45-13-14-46-72)66-42-32-54-16-8-10-22-62(54)70(64)66/h1-10,15-42,47-48H,11-14,43-46H2. The molecule has 0 heterocycles. The summed E-state index contributed by atoms with van der Waals surface area (Å²) in [6.07, 6.45) is 9.90. The van der Waals surface area contributed by atoms with Crippen molar-refractivity contribution in [1.82, 2.24) is 0 Å². The number of para-hydroxylation sites is 2. The predicted octanol–water partition coefficient (Wildman–Crippen LogP) is 19.9. The van der Waals surface area contributed by atoms with Crippen LogP contribution in [0.1, 0.15) is 73.6 Å². The Bertz CT molecular complexity index is 3670. The maximum absolute atomic E-state index is 2.53. The molecule has 74 heavy (non-hydrogen) atoms. The molecule has 0 N–H and O–H groups in total. The van der Waals surface area contributed by atoms with Crippen molar-refractivity contribution in [2.75, 3.05) is 9.80 Å². The van der Waals surface area contributed by atoms with Crippen LogP contribution in [0.5, 0.6) is 0 Å².